The summed E-state index contributed by atoms with van der Waals surface area (Å²) in [6.45, 7) is 4.78. The largest absolute Gasteiger partial charge is 0.480 e. The molecule has 3 aromatic rings. The summed E-state index contributed by atoms with van der Waals surface area (Å²) < 4.78 is 28.8. The monoisotopic (exact) mass is 486 g/mol. The first-order valence-corrected chi connectivity index (χ1v) is 11.9. The van der Waals surface area contributed by atoms with Crippen LogP contribution in [-0.4, -0.2) is 31.9 Å². The topological polar surface area (TPSA) is 113 Å². The van der Waals surface area contributed by atoms with Crippen LogP contribution >= 0.6 is 11.6 Å². The maximum absolute atomic E-state index is 13.1. The molecule has 0 saturated heterocycles. The van der Waals surface area contributed by atoms with Gasteiger partial charge in [-0.05, 0) is 78.9 Å². The number of hydrogen-bond donors (Lipinski definition) is 3. The van der Waals surface area contributed by atoms with Crippen LogP contribution in [0.5, 0.6) is 0 Å². The van der Waals surface area contributed by atoms with E-state index in [0.717, 1.165) is 11.1 Å². The second kappa shape index (κ2) is 9.64. The lowest BCUT2D eigenvalue weighted by Crippen LogP contribution is -2.29. The molecule has 33 heavy (non-hydrogen) atoms. The number of carboxylic acid groups (broad SMARTS) is 1. The van der Waals surface area contributed by atoms with E-state index in [0.29, 0.717) is 33.0 Å². The van der Waals surface area contributed by atoms with Crippen LogP contribution in [0.25, 0.3) is 11.1 Å². The van der Waals surface area contributed by atoms with Gasteiger partial charge >= 0.3 is 5.97 Å². The zero-order valence-electron chi connectivity index (χ0n) is 18.3. The van der Waals surface area contributed by atoms with E-state index in [-0.39, 0.29) is 4.90 Å². The van der Waals surface area contributed by atoms with Gasteiger partial charge in [0.15, 0.2) is 0 Å². The Labute approximate surface area is 197 Å². The second-order valence-corrected chi connectivity index (χ2v) is 9.66. The van der Waals surface area contributed by atoms with Crippen molar-refractivity contribution in [3.63, 3.8) is 0 Å². The number of amides is 1. The number of anilines is 1. The molecule has 0 saturated carbocycles. The van der Waals surface area contributed by atoms with Gasteiger partial charge in [-0.2, -0.15) is 0 Å². The minimum Gasteiger partial charge on any atom is -0.480 e. The molecule has 0 aliphatic heterocycles. The Hall–Kier alpha value is -3.36. The normalized spacial score (nSPS) is 11.2. The molecule has 3 aromatic carbocycles. The summed E-state index contributed by atoms with van der Waals surface area (Å²) in [7, 11) is -3.85. The number of nitrogens with one attached hydrogen (secondary N) is 2. The van der Waals surface area contributed by atoms with Gasteiger partial charge in [-0.25, -0.2) is 8.42 Å². The molecule has 9 heteroatoms. The molecular formula is C24H23ClN2O5S. The van der Waals surface area contributed by atoms with E-state index in [4.69, 9.17) is 16.7 Å². The fourth-order valence-electron chi connectivity index (χ4n) is 3.36. The quantitative estimate of drug-likeness (QED) is 0.453. The lowest BCUT2D eigenvalue weighted by molar-refractivity contribution is -0.135. The summed E-state index contributed by atoms with van der Waals surface area (Å²) in [5.41, 5.74) is 4.25. The Morgan fingerprint density at radius 2 is 1.64 bits per heavy atom. The highest BCUT2D eigenvalue weighted by Crippen LogP contribution is 2.31. The van der Waals surface area contributed by atoms with Gasteiger partial charge in [0.05, 0.1) is 10.6 Å². The highest BCUT2D eigenvalue weighted by Gasteiger charge is 2.20. The first kappa shape index (κ1) is 24.3. The molecule has 7 nitrogen and oxygen atoms in total. The van der Waals surface area contributed by atoms with E-state index in [1.165, 1.54) is 0 Å². The predicted molar refractivity (Wildman–Crippen MR) is 128 cm³/mol. The molecule has 3 rings (SSSR count). The van der Waals surface area contributed by atoms with Gasteiger partial charge in [0.1, 0.15) is 6.54 Å². The van der Waals surface area contributed by atoms with Crippen molar-refractivity contribution in [1.82, 2.24) is 5.32 Å². The third-order valence-electron chi connectivity index (χ3n) is 5.18. The molecule has 1 amide bonds. The van der Waals surface area contributed by atoms with Crippen LogP contribution in [0.15, 0.2) is 59.5 Å². The number of aryl methyl sites for hydroxylation is 2. The SMILES string of the molecule is Cc1cc(S(=O)(=O)Nc2cccc(-c3ccc(C(=O)NCC(=O)O)cc3)c2C)c(C)cc1Cl. The standard InChI is InChI=1S/C24H23ClN2O5S/c1-14-12-22(15(2)11-20(14)25)33(31,32)27-21-6-4-5-19(16(21)3)17-7-9-18(10-8-17)24(30)26-13-23(28)29/h4-12,27H,13H2,1-3H3,(H,26,30)(H,28,29). The number of halogens is 1. The summed E-state index contributed by atoms with van der Waals surface area (Å²) in [5, 5.41) is 11.5. The molecule has 0 bridgehead atoms. The summed E-state index contributed by atoms with van der Waals surface area (Å²) in [6, 6.07) is 15.1. The molecule has 0 aliphatic rings. The molecule has 0 aromatic heterocycles. The van der Waals surface area contributed by atoms with Crippen molar-refractivity contribution in [2.45, 2.75) is 25.7 Å². The van der Waals surface area contributed by atoms with Gasteiger partial charge in [0.25, 0.3) is 15.9 Å². The Balaban J connectivity index is 1.89. The fourth-order valence-corrected chi connectivity index (χ4v) is 5.02. The van der Waals surface area contributed by atoms with Gasteiger partial charge < -0.3 is 10.4 Å². The lowest BCUT2D eigenvalue weighted by atomic mass is 9.98. The number of carbonyl (C=O) groups excluding carboxylic acids is 1. The number of aliphatic carboxylic acids is 1. The average molecular weight is 487 g/mol. The summed E-state index contributed by atoms with van der Waals surface area (Å²) >= 11 is 6.11. The van der Waals surface area contributed by atoms with Gasteiger partial charge in [-0.1, -0.05) is 35.9 Å². The molecular weight excluding hydrogens is 464 g/mol. The molecule has 0 aliphatic carbocycles. The minimum absolute atomic E-state index is 0.158. The number of sulfonamides is 1. The highest BCUT2D eigenvalue weighted by molar-refractivity contribution is 7.92. The molecule has 0 spiro atoms. The van der Waals surface area contributed by atoms with Crippen molar-refractivity contribution in [2.75, 3.05) is 11.3 Å². The Morgan fingerprint density at radius 1 is 0.970 bits per heavy atom. The van der Waals surface area contributed by atoms with Gasteiger partial charge in [-0.15, -0.1) is 0 Å². The molecule has 0 atom stereocenters. The van der Waals surface area contributed by atoms with Crippen molar-refractivity contribution in [3.05, 3.63) is 81.9 Å². The number of carboxylic acids is 1. The third kappa shape index (κ3) is 5.53. The lowest BCUT2D eigenvalue weighted by Gasteiger charge is -2.16. The second-order valence-electron chi connectivity index (χ2n) is 7.60. The van der Waals surface area contributed by atoms with Crippen LogP contribution in [0, 0.1) is 20.8 Å². The van der Waals surface area contributed by atoms with E-state index in [1.54, 1.807) is 69.3 Å². The van der Waals surface area contributed by atoms with Crippen molar-refractivity contribution in [3.8, 4) is 11.1 Å². The van der Waals surface area contributed by atoms with E-state index < -0.39 is 28.4 Å². The third-order valence-corrected chi connectivity index (χ3v) is 7.10. The Morgan fingerprint density at radius 3 is 2.27 bits per heavy atom. The first-order chi connectivity index (χ1) is 15.5. The van der Waals surface area contributed by atoms with Crippen LogP contribution in [0.3, 0.4) is 0 Å². The maximum atomic E-state index is 13.1. The number of rotatable bonds is 7. The summed E-state index contributed by atoms with van der Waals surface area (Å²) in [6.07, 6.45) is 0. The van der Waals surface area contributed by atoms with E-state index in [9.17, 15) is 18.0 Å². The Kier molecular flexibility index (Phi) is 7.09. The fraction of sp³-hybridized carbons (Fsp3) is 0.167. The van der Waals surface area contributed by atoms with Gasteiger partial charge in [0.2, 0.25) is 0 Å². The molecule has 0 radical (unpaired) electrons. The highest BCUT2D eigenvalue weighted by atomic mass is 35.5. The summed E-state index contributed by atoms with van der Waals surface area (Å²) in [5.74, 6) is -1.62. The zero-order valence-corrected chi connectivity index (χ0v) is 19.8. The number of benzene rings is 3. The molecule has 0 unspecified atom stereocenters. The number of carbonyl (C=O) groups is 2. The number of hydrogen-bond acceptors (Lipinski definition) is 4. The van der Waals surface area contributed by atoms with Crippen molar-refractivity contribution in [2.24, 2.45) is 0 Å². The van der Waals surface area contributed by atoms with Crippen LogP contribution in [0.1, 0.15) is 27.0 Å². The Bertz CT molecular complexity index is 1340. The molecule has 3 N–H and O–H groups in total. The average Bonchev–Trinajstić information content (AvgIpc) is 2.76. The first-order valence-electron chi connectivity index (χ1n) is 9.99. The molecule has 172 valence electrons. The van der Waals surface area contributed by atoms with Crippen molar-refractivity contribution in [1.29, 1.82) is 0 Å². The maximum Gasteiger partial charge on any atom is 0.322 e. The van der Waals surface area contributed by atoms with Crippen LogP contribution in [0.4, 0.5) is 5.69 Å². The van der Waals surface area contributed by atoms with E-state index in [1.807, 2.05) is 6.07 Å². The van der Waals surface area contributed by atoms with Crippen LogP contribution < -0.4 is 10.0 Å². The molecule has 0 fully saturated rings. The predicted octanol–water partition coefficient (Wildman–Crippen LogP) is 4.55. The van der Waals surface area contributed by atoms with Gasteiger partial charge in [0, 0.05) is 10.6 Å². The van der Waals surface area contributed by atoms with Crippen molar-refractivity contribution >= 4 is 39.2 Å². The van der Waals surface area contributed by atoms with Gasteiger partial charge in [-0.3, -0.25) is 14.3 Å². The molecule has 0 heterocycles. The smallest absolute Gasteiger partial charge is 0.322 e. The minimum atomic E-state index is -3.85. The van der Waals surface area contributed by atoms with Crippen molar-refractivity contribution < 1.29 is 23.1 Å². The van der Waals surface area contributed by atoms with Crippen LogP contribution in [-0.2, 0) is 14.8 Å². The van der Waals surface area contributed by atoms with Crippen LogP contribution in [0.2, 0.25) is 5.02 Å². The zero-order chi connectivity index (χ0) is 24.3. The summed E-state index contributed by atoms with van der Waals surface area (Å²) in [4.78, 5) is 22.8. The van der Waals surface area contributed by atoms with E-state index >= 15 is 0 Å². The van der Waals surface area contributed by atoms with E-state index in [2.05, 4.69) is 10.0 Å².